The number of carbonyl (C=O) groups excluding carboxylic acids is 1. The van der Waals surface area contributed by atoms with E-state index < -0.39 is 0 Å². The summed E-state index contributed by atoms with van der Waals surface area (Å²) in [5, 5.41) is 21.9. The Labute approximate surface area is 233 Å². The molecule has 2 aromatic heterocycles. The summed E-state index contributed by atoms with van der Waals surface area (Å²) in [6.07, 6.45) is 3.45. The van der Waals surface area contributed by atoms with Crippen LogP contribution in [0.15, 0.2) is 48.7 Å². The maximum Gasteiger partial charge on any atom is 0.252 e. The first-order chi connectivity index (χ1) is 19.0. The summed E-state index contributed by atoms with van der Waals surface area (Å²) in [5.74, 6) is 1.82. The number of anilines is 3. The first kappa shape index (κ1) is 27.1. The van der Waals surface area contributed by atoms with Crippen molar-refractivity contribution in [2.45, 2.75) is 31.8 Å². The molecule has 0 radical (unpaired) electrons. The zero-order chi connectivity index (χ0) is 27.4. The van der Waals surface area contributed by atoms with Crippen molar-refractivity contribution in [1.29, 1.82) is 0 Å². The summed E-state index contributed by atoms with van der Waals surface area (Å²) in [5.41, 5.74) is 2.23. The lowest BCUT2D eigenvalue weighted by Gasteiger charge is -2.41. The van der Waals surface area contributed by atoms with E-state index in [1.165, 1.54) is 6.20 Å². The second-order valence-electron chi connectivity index (χ2n) is 9.95. The normalized spacial score (nSPS) is 19.4. The van der Waals surface area contributed by atoms with Crippen LogP contribution in [-0.4, -0.2) is 89.1 Å². The molecule has 1 amide bonds. The minimum Gasteiger partial charge on any atom is -0.395 e. The molecule has 0 aliphatic carbocycles. The van der Waals surface area contributed by atoms with Crippen molar-refractivity contribution in [3.63, 3.8) is 0 Å². The Morgan fingerprint density at radius 1 is 1.10 bits per heavy atom. The zero-order valence-corrected chi connectivity index (χ0v) is 22.8. The maximum atomic E-state index is 12.2. The number of aliphatic hydroxyl groups excluding tert-OH is 2. The summed E-state index contributed by atoms with van der Waals surface area (Å²) in [6, 6.07) is 13.9. The fourth-order valence-corrected chi connectivity index (χ4v) is 5.58. The summed E-state index contributed by atoms with van der Waals surface area (Å²) in [4.78, 5) is 33.1. The lowest BCUT2D eigenvalue weighted by Crippen LogP contribution is -2.53. The second-order valence-corrected chi connectivity index (χ2v) is 10.4. The number of halogens is 1. The number of carbonyl (C=O) groups is 1. The number of nitrogens with zero attached hydrogens (tertiary/aromatic N) is 6. The summed E-state index contributed by atoms with van der Waals surface area (Å²) < 4.78 is 0. The van der Waals surface area contributed by atoms with E-state index in [1.807, 2.05) is 36.4 Å². The third-order valence-electron chi connectivity index (χ3n) is 7.32. The van der Waals surface area contributed by atoms with E-state index in [0.717, 1.165) is 36.5 Å². The molecule has 5 rings (SSSR count). The Bertz CT molecular complexity index is 1300. The second kappa shape index (κ2) is 12.1. The van der Waals surface area contributed by atoms with Gasteiger partial charge in [0.1, 0.15) is 11.6 Å². The van der Waals surface area contributed by atoms with Gasteiger partial charge < -0.3 is 30.2 Å². The largest absolute Gasteiger partial charge is 0.395 e. The van der Waals surface area contributed by atoms with Gasteiger partial charge in [-0.15, -0.1) is 0 Å². The Balaban J connectivity index is 1.38. The van der Waals surface area contributed by atoms with E-state index in [2.05, 4.69) is 31.9 Å². The molecule has 3 aromatic rings. The fraction of sp³-hybridized carbons (Fsp3) is 0.429. The molecule has 3 N–H and O–H groups in total. The highest BCUT2D eigenvalue weighted by molar-refractivity contribution is 6.33. The van der Waals surface area contributed by atoms with Crippen molar-refractivity contribution >= 4 is 35.1 Å². The maximum absolute atomic E-state index is 12.2. The lowest BCUT2D eigenvalue weighted by atomic mass is 10.1. The third kappa shape index (κ3) is 5.93. The predicted molar refractivity (Wildman–Crippen MR) is 153 cm³/mol. The van der Waals surface area contributed by atoms with Crippen LogP contribution in [0.2, 0.25) is 5.02 Å². The summed E-state index contributed by atoms with van der Waals surface area (Å²) in [6.45, 7) is 5.14. The van der Waals surface area contributed by atoms with Crippen molar-refractivity contribution < 1.29 is 15.0 Å². The van der Waals surface area contributed by atoms with Gasteiger partial charge in [0.15, 0.2) is 0 Å². The van der Waals surface area contributed by atoms with E-state index in [-0.39, 0.29) is 37.7 Å². The van der Waals surface area contributed by atoms with E-state index in [4.69, 9.17) is 26.7 Å². The molecule has 0 spiro atoms. The van der Waals surface area contributed by atoms with Crippen LogP contribution in [0.1, 0.15) is 30.1 Å². The van der Waals surface area contributed by atoms with Crippen LogP contribution in [-0.2, 0) is 0 Å². The van der Waals surface area contributed by atoms with Crippen LogP contribution < -0.4 is 20.0 Å². The van der Waals surface area contributed by atoms with Gasteiger partial charge in [0.05, 0.1) is 35.5 Å². The molecule has 206 valence electrons. The van der Waals surface area contributed by atoms with Gasteiger partial charge in [-0.3, -0.25) is 4.79 Å². The molecular weight excluding hydrogens is 518 g/mol. The van der Waals surface area contributed by atoms with E-state index in [1.54, 1.807) is 6.07 Å². The molecular formula is C28H34ClN7O3. The van der Waals surface area contributed by atoms with Crippen molar-refractivity contribution in [1.82, 2.24) is 20.3 Å². The first-order valence-corrected chi connectivity index (χ1v) is 13.7. The van der Waals surface area contributed by atoms with Gasteiger partial charge in [-0.1, -0.05) is 41.9 Å². The minimum absolute atomic E-state index is 0.0278. The number of piperazine rings is 1. The third-order valence-corrected chi connectivity index (χ3v) is 7.60. The van der Waals surface area contributed by atoms with Crippen molar-refractivity contribution in [2.75, 3.05) is 60.6 Å². The van der Waals surface area contributed by atoms with Gasteiger partial charge >= 0.3 is 0 Å². The van der Waals surface area contributed by atoms with Crippen LogP contribution >= 0.6 is 11.6 Å². The zero-order valence-electron chi connectivity index (χ0n) is 22.0. The minimum atomic E-state index is -0.321. The molecule has 0 bridgehead atoms. The molecule has 2 unspecified atom stereocenters. The van der Waals surface area contributed by atoms with Crippen molar-refractivity contribution in [3.05, 3.63) is 59.2 Å². The average molecular weight is 552 g/mol. The highest BCUT2D eigenvalue weighted by Gasteiger charge is 2.30. The number of nitrogens with one attached hydrogen (secondary N) is 1. The molecule has 2 aliphatic rings. The van der Waals surface area contributed by atoms with Crippen LogP contribution in [0.4, 0.5) is 17.6 Å². The van der Waals surface area contributed by atoms with Gasteiger partial charge in [0, 0.05) is 56.6 Å². The van der Waals surface area contributed by atoms with Crippen LogP contribution in [0, 0.1) is 0 Å². The molecule has 10 nitrogen and oxygen atoms in total. The highest BCUT2D eigenvalue weighted by atomic mass is 35.5. The SMILES string of the molecule is CC1CN(c2ncc(C(=O)NCCO)cc2Cl)CCN1c1cc(-c2ccccc2)nc(N2CCCC2CO)n1. The predicted octanol–water partition coefficient (Wildman–Crippen LogP) is 2.59. The van der Waals surface area contributed by atoms with Gasteiger partial charge in [0.2, 0.25) is 5.95 Å². The number of aliphatic hydroxyl groups is 2. The molecule has 2 aliphatic heterocycles. The Kier molecular flexibility index (Phi) is 8.44. The Hall–Kier alpha value is -3.47. The molecule has 39 heavy (non-hydrogen) atoms. The van der Waals surface area contributed by atoms with E-state index in [9.17, 15) is 9.90 Å². The van der Waals surface area contributed by atoms with E-state index >= 15 is 0 Å². The fourth-order valence-electron chi connectivity index (χ4n) is 5.29. The quantitative estimate of drug-likeness (QED) is 0.388. The van der Waals surface area contributed by atoms with Crippen molar-refractivity contribution in [3.8, 4) is 11.3 Å². The monoisotopic (exact) mass is 551 g/mol. The topological polar surface area (TPSA) is 118 Å². The number of aromatic nitrogens is 3. The van der Waals surface area contributed by atoms with Crippen LogP contribution in [0.25, 0.3) is 11.3 Å². The van der Waals surface area contributed by atoms with Gasteiger partial charge in [-0.05, 0) is 25.8 Å². The number of benzene rings is 1. The number of amides is 1. The molecule has 2 atom stereocenters. The molecule has 4 heterocycles. The lowest BCUT2D eigenvalue weighted by molar-refractivity contribution is 0.0944. The number of hydrogen-bond acceptors (Lipinski definition) is 9. The number of rotatable bonds is 8. The Morgan fingerprint density at radius 3 is 2.64 bits per heavy atom. The van der Waals surface area contributed by atoms with Gasteiger partial charge in [0.25, 0.3) is 5.91 Å². The molecule has 2 saturated heterocycles. The van der Waals surface area contributed by atoms with E-state index in [0.29, 0.717) is 42.0 Å². The average Bonchev–Trinajstić information content (AvgIpc) is 3.45. The standard InChI is InChI=1S/C28H34ClN7O3/c1-19-17-34(26-23(29)14-21(16-31-26)27(39)30-9-13-37)11-12-35(19)25-15-24(20-6-3-2-4-7-20)32-28(33-25)36-10-5-8-22(36)18-38/h2-4,6-7,14-16,19,22,37-38H,5,8-13,17-18H2,1H3,(H,30,39). The van der Waals surface area contributed by atoms with Crippen molar-refractivity contribution in [2.24, 2.45) is 0 Å². The smallest absolute Gasteiger partial charge is 0.252 e. The molecule has 1 aromatic carbocycles. The summed E-state index contributed by atoms with van der Waals surface area (Å²) in [7, 11) is 0. The number of pyridine rings is 1. The Morgan fingerprint density at radius 2 is 1.92 bits per heavy atom. The highest BCUT2D eigenvalue weighted by Crippen LogP contribution is 2.32. The first-order valence-electron chi connectivity index (χ1n) is 13.4. The van der Waals surface area contributed by atoms with Gasteiger partial charge in [-0.25, -0.2) is 9.97 Å². The molecule has 0 saturated carbocycles. The molecule has 11 heteroatoms. The van der Waals surface area contributed by atoms with Gasteiger partial charge in [-0.2, -0.15) is 4.98 Å². The molecule has 2 fully saturated rings. The van der Waals surface area contributed by atoms with Crippen LogP contribution in [0.5, 0.6) is 0 Å². The summed E-state index contributed by atoms with van der Waals surface area (Å²) >= 11 is 6.56. The number of hydrogen-bond donors (Lipinski definition) is 3. The van der Waals surface area contributed by atoms with Crippen LogP contribution in [0.3, 0.4) is 0 Å².